The van der Waals surface area contributed by atoms with Crippen LogP contribution in [0.25, 0.3) is 0 Å². The van der Waals surface area contributed by atoms with Crippen LogP contribution in [0.3, 0.4) is 0 Å². The van der Waals surface area contributed by atoms with Crippen LogP contribution in [0.15, 0.2) is 28.9 Å². The lowest BCUT2D eigenvalue weighted by atomic mass is 10.3. The quantitative estimate of drug-likeness (QED) is 0.694. The van der Waals surface area contributed by atoms with E-state index in [9.17, 15) is 18.4 Å². The first-order chi connectivity index (χ1) is 11.9. The fourth-order valence-corrected chi connectivity index (χ4v) is 3.43. The summed E-state index contributed by atoms with van der Waals surface area (Å²) in [6, 6.07) is 4.73. The van der Waals surface area contributed by atoms with Gasteiger partial charge in [0.15, 0.2) is 10.8 Å². The van der Waals surface area contributed by atoms with Gasteiger partial charge in [0.05, 0.1) is 16.1 Å². The summed E-state index contributed by atoms with van der Waals surface area (Å²) in [4.78, 5) is 24.5. The Morgan fingerprint density at radius 2 is 2.00 bits per heavy atom. The molecule has 0 unspecified atom stereocenters. The minimum Gasteiger partial charge on any atom is -0.459 e. The number of nitrogens with one attached hydrogen (secondary N) is 2. The van der Waals surface area contributed by atoms with E-state index in [1.54, 1.807) is 19.1 Å². The van der Waals surface area contributed by atoms with Crippen molar-refractivity contribution < 1.29 is 22.8 Å². The molecule has 0 aliphatic carbocycles. The van der Waals surface area contributed by atoms with Crippen LogP contribution in [0.5, 0.6) is 0 Å². The monoisotopic (exact) mass is 384 g/mol. The average molecular weight is 384 g/mol. The van der Waals surface area contributed by atoms with Crippen molar-refractivity contribution in [3.63, 3.8) is 0 Å². The Bertz CT molecular complexity index is 905. The topological polar surface area (TPSA) is 97.1 Å². The number of thiophene rings is 1. The fourth-order valence-electron chi connectivity index (χ4n) is 1.88. The molecule has 3 rings (SSSR count). The maximum absolute atomic E-state index is 12.5. The molecular weight excluding hydrogens is 374 g/mol. The zero-order chi connectivity index (χ0) is 18.0. The van der Waals surface area contributed by atoms with Crippen molar-refractivity contribution in [1.29, 1.82) is 0 Å². The Balaban J connectivity index is 1.70. The van der Waals surface area contributed by atoms with E-state index in [4.69, 9.17) is 4.42 Å². The maximum atomic E-state index is 12.5. The van der Waals surface area contributed by atoms with Crippen molar-refractivity contribution >= 4 is 44.6 Å². The summed E-state index contributed by atoms with van der Waals surface area (Å²) in [5.41, 5.74) is 0.621. The molecule has 3 aromatic heterocycles. The number of nitrogens with zero attached hydrogens (tertiary/aromatic N) is 2. The zero-order valence-corrected chi connectivity index (χ0v) is 14.2. The van der Waals surface area contributed by atoms with Crippen LogP contribution < -0.4 is 10.6 Å². The van der Waals surface area contributed by atoms with Gasteiger partial charge in [0, 0.05) is 0 Å². The molecule has 0 saturated heterocycles. The van der Waals surface area contributed by atoms with Gasteiger partial charge in [-0.3, -0.25) is 14.9 Å². The molecule has 3 aromatic rings. The molecule has 3 heterocycles. The van der Waals surface area contributed by atoms with E-state index in [0.717, 1.165) is 11.3 Å². The highest BCUT2D eigenvalue weighted by Crippen LogP contribution is 2.29. The highest BCUT2D eigenvalue weighted by Gasteiger charge is 2.19. The van der Waals surface area contributed by atoms with Gasteiger partial charge in [-0.1, -0.05) is 11.3 Å². The van der Waals surface area contributed by atoms with Crippen molar-refractivity contribution in [1.82, 2.24) is 10.2 Å². The Labute approximate surface area is 147 Å². The SMILES string of the molecule is Cc1cc(NC(=O)c2ccco2)sc1C(=O)Nc1nnc(C(F)F)s1. The number of alkyl halides is 2. The number of furan rings is 1. The first kappa shape index (κ1) is 17.2. The van der Waals surface area contributed by atoms with Crippen LogP contribution in [0.1, 0.15) is 37.2 Å². The molecular formula is C14H10F2N4O3S2. The molecule has 0 spiro atoms. The average Bonchev–Trinajstić information content (AvgIpc) is 3.27. The Kier molecular flexibility index (Phi) is 4.86. The van der Waals surface area contributed by atoms with Gasteiger partial charge in [-0.25, -0.2) is 8.78 Å². The van der Waals surface area contributed by atoms with Gasteiger partial charge in [0.25, 0.3) is 18.2 Å². The number of amides is 2. The van der Waals surface area contributed by atoms with Crippen molar-refractivity contribution in [3.05, 3.63) is 45.7 Å². The second kappa shape index (κ2) is 7.07. The lowest BCUT2D eigenvalue weighted by Gasteiger charge is -1.99. The molecule has 0 radical (unpaired) electrons. The fraction of sp³-hybridized carbons (Fsp3) is 0.143. The molecule has 7 nitrogen and oxygen atoms in total. The number of rotatable bonds is 5. The summed E-state index contributed by atoms with van der Waals surface area (Å²) in [6.45, 7) is 1.69. The van der Waals surface area contributed by atoms with Crippen molar-refractivity contribution in [2.24, 2.45) is 0 Å². The lowest BCUT2D eigenvalue weighted by Crippen LogP contribution is -2.11. The number of hydrogen-bond acceptors (Lipinski definition) is 7. The molecule has 0 aromatic carbocycles. The Hall–Kier alpha value is -2.66. The van der Waals surface area contributed by atoms with Crippen LogP contribution in [0.4, 0.5) is 18.9 Å². The molecule has 130 valence electrons. The van der Waals surface area contributed by atoms with Gasteiger partial charge >= 0.3 is 0 Å². The molecule has 0 atom stereocenters. The second-order valence-corrected chi connectivity index (χ2v) is 6.82. The first-order valence-electron chi connectivity index (χ1n) is 6.82. The Morgan fingerprint density at radius 3 is 2.64 bits per heavy atom. The van der Waals surface area contributed by atoms with E-state index in [1.165, 1.54) is 12.3 Å². The van der Waals surface area contributed by atoms with Gasteiger partial charge in [-0.05, 0) is 30.7 Å². The van der Waals surface area contributed by atoms with E-state index in [0.29, 0.717) is 26.8 Å². The zero-order valence-electron chi connectivity index (χ0n) is 12.6. The Morgan fingerprint density at radius 1 is 1.20 bits per heavy atom. The van der Waals surface area contributed by atoms with Crippen molar-refractivity contribution in [3.8, 4) is 0 Å². The third-order valence-corrected chi connectivity index (χ3v) is 4.95. The largest absolute Gasteiger partial charge is 0.459 e. The van der Waals surface area contributed by atoms with Crippen LogP contribution in [-0.2, 0) is 0 Å². The van der Waals surface area contributed by atoms with E-state index < -0.39 is 23.2 Å². The summed E-state index contributed by atoms with van der Waals surface area (Å²) in [5, 5.41) is 11.8. The van der Waals surface area contributed by atoms with Crippen molar-refractivity contribution in [2.45, 2.75) is 13.3 Å². The summed E-state index contributed by atoms with van der Waals surface area (Å²) in [6.07, 6.45) is -1.36. The molecule has 0 saturated carbocycles. The normalized spacial score (nSPS) is 10.9. The molecule has 2 amide bonds. The number of carbonyl (C=O) groups excluding carboxylic acids is 2. The van der Waals surface area contributed by atoms with Crippen molar-refractivity contribution in [2.75, 3.05) is 10.6 Å². The summed E-state index contributed by atoms with van der Waals surface area (Å²) in [7, 11) is 0. The predicted octanol–water partition coefficient (Wildman–Crippen LogP) is 3.94. The second-order valence-electron chi connectivity index (χ2n) is 4.75. The van der Waals surface area contributed by atoms with Gasteiger partial charge in [0.2, 0.25) is 5.13 Å². The number of aryl methyl sites for hydroxylation is 1. The number of hydrogen-bond donors (Lipinski definition) is 2. The van der Waals surface area contributed by atoms with Crippen LogP contribution in [-0.4, -0.2) is 22.0 Å². The maximum Gasteiger partial charge on any atom is 0.291 e. The predicted molar refractivity (Wildman–Crippen MR) is 88.5 cm³/mol. The highest BCUT2D eigenvalue weighted by atomic mass is 32.1. The van der Waals surface area contributed by atoms with E-state index in [2.05, 4.69) is 20.8 Å². The number of carbonyl (C=O) groups is 2. The van der Waals surface area contributed by atoms with Gasteiger partial charge in [-0.15, -0.1) is 21.5 Å². The van der Waals surface area contributed by atoms with E-state index >= 15 is 0 Å². The van der Waals surface area contributed by atoms with E-state index in [-0.39, 0.29) is 10.9 Å². The summed E-state index contributed by atoms with van der Waals surface area (Å²) in [5.74, 6) is -0.813. The summed E-state index contributed by atoms with van der Waals surface area (Å²) < 4.78 is 30.0. The van der Waals surface area contributed by atoms with Gasteiger partial charge in [0.1, 0.15) is 0 Å². The molecule has 0 aliphatic heterocycles. The minimum absolute atomic E-state index is 0.0192. The molecule has 11 heteroatoms. The van der Waals surface area contributed by atoms with Crippen LogP contribution in [0.2, 0.25) is 0 Å². The number of halogens is 2. The molecule has 2 N–H and O–H groups in total. The third-order valence-electron chi connectivity index (χ3n) is 2.95. The minimum atomic E-state index is -2.74. The molecule has 0 aliphatic rings. The standard InChI is InChI=1S/C14H10F2N4O3S2/c1-6-5-8(17-11(21)7-3-2-4-23-7)24-9(6)12(22)18-14-20-19-13(25-14)10(15)16/h2-5,10H,1H3,(H,17,21)(H,18,20,22). The van der Waals surface area contributed by atoms with Gasteiger partial charge < -0.3 is 9.73 Å². The molecule has 0 fully saturated rings. The first-order valence-corrected chi connectivity index (χ1v) is 8.45. The lowest BCUT2D eigenvalue weighted by molar-refractivity contribution is 0.0995. The smallest absolute Gasteiger partial charge is 0.291 e. The highest BCUT2D eigenvalue weighted by molar-refractivity contribution is 7.18. The number of aromatic nitrogens is 2. The van der Waals surface area contributed by atoms with E-state index in [1.807, 2.05) is 0 Å². The van der Waals surface area contributed by atoms with Crippen LogP contribution >= 0.6 is 22.7 Å². The molecule has 25 heavy (non-hydrogen) atoms. The summed E-state index contributed by atoms with van der Waals surface area (Å²) >= 11 is 1.65. The number of anilines is 2. The van der Waals surface area contributed by atoms with Crippen LogP contribution in [0, 0.1) is 6.92 Å². The van der Waals surface area contributed by atoms with Gasteiger partial charge in [-0.2, -0.15) is 0 Å². The third kappa shape index (κ3) is 3.88. The molecule has 0 bridgehead atoms.